The van der Waals surface area contributed by atoms with E-state index in [1.54, 1.807) is 6.92 Å². The Morgan fingerprint density at radius 2 is 1.52 bits per heavy atom. The Hall–Kier alpha value is -2.10. The first kappa shape index (κ1) is 15.3. The summed E-state index contributed by atoms with van der Waals surface area (Å²) in [7, 11) is 0. The summed E-state index contributed by atoms with van der Waals surface area (Å²) in [6.45, 7) is 5.57. The van der Waals surface area contributed by atoms with E-state index in [0.717, 1.165) is 0 Å². The minimum atomic E-state index is -0.558. The van der Waals surface area contributed by atoms with Crippen molar-refractivity contribution in [3.05, 3.63) is 59.7 Å². The fourth-order valence-corrected chi connectivity index (χ4v) is 2.17. The summed E-state index contributed by atoms with van der Waals surface area (Å²) < 4.78 is 33.3. The third-order valence-corrected chi connectivity index (χ3v) is 3.05. The van der Waals surface area contributed by atoms with E-state index < -0.39 is 17.7 Å². The van der Waals surface area contributed by atoms with E-state index in [-0.39, 0.29) is 11.7 Å². The van der Waals surface area contributed by atoms with Crippen molar-refractivity contribution in [1.82, 2.24) is 0 Å². The summed E-state index contributed by atoms with van der Waals surface area (Å²) >= 11 is 0. The van der Waals surface area contributed by atoms with Crippen LogP contribution in [0.4, 0.5) is 14.5 Å². The van der Waals surface area contributed by atoms with E-state index in [2.05, 4.69) is 5.32 Å². The number of ether oxygens (including phenoxy) is 1. The average Bonchev–Trinajstić information content (AvgIpc) is 2.40. The maximum atomic E-state index is 13.8. The van der Waals surface area contributed by atoms with Crippen LogP contribution in [-0.4, -0.2) is 6.10 Å². The molecule has 2 aromatic carbocycles. The molecule has 0 aliphatic rings. The van der Waals surface area contributed by atoms with Crippen molar-refractivity contribution in [2.75, 3.05) is 5.32 Å². The van der Waals surface area contributed by atoms with Crippen LogP contribution in [0.15, 0.2) is 42.5 Å². The SMILES string of the molecule is CC(C)Oc1ccccc1NC(C)c1c(F)cccc1F. The second kappa shape index (κ2) is 6.57. The van der Waals surface area contributed by atoms with Gasteiger partial charge in [-0.15, -0.1) is 0 Å². The van der Waals surface area contributed by atoms with E-state index in [0.29, 0.717) is 11.4 Å². The van der Waals surface area contributed by atoms with Crippen molar-refractivity contribution in [1.29, 1.82) is 0 Å². The molecule has 0 saturated carbocycles. The van der Waals surface area contributed by atoms with Crippen molar-refractivity contribution in [2.24, 2.45) is 0 Å². The van der Waals surface area contributed by atoms with Crippen molar-refractivity contribution in [3.8, 4) is 5.75 Å². The molecule has 0 aliphatic heterocycles. The van der Waals surface area contributed by atoms with E-state index in [9.17, 15) is 8.78 Å². The molecular weight excluding hydrogens is 272 g/mol. The smallest absolute Gasteiger partial charge is 0.142 e. The molecule has 0 saturated heterocycles. The molecule has 2 rings (SSSR count). The molecule has 0 spiro atoms. The lowest BCUT2D eigenvalue weighted by molar-refractivity contribution is 0.243. The second-order valence-electron chi connectivity index (χ2n) is 5.16. The highest BCUT2D eigenvalue weighted by molar-refractivity contribution is 5.57. The van der Waals surface area contributed by atoms with E-state index in [1.807, 2.05) is 38.1 Å². The van der Waals surface area contributed by atoms with Crippen molar-refractivity contribution in [3.63, 3.8) is 0 Å². The van der Waals surface area contributed by atoms with Gasteiger partial charge < -0.3 is 10.1 Å². The first-order valence-corrected chi connectivity index (χ1v) is 6.95. The molecule has 0 heterocycles. The summed E-state index contributed by atoms with van der Waals surface area (Å²) in [4.78, 5) is 0. The predicted octanol–water partition coefficient (Wildman–Crippen LogP) is 4.93. The molecule has 21 heavy (non-hydrogen) atoms. The van der Waals surface area contributed by atoms with Gasteiger partial charge in [-0.3, -0.25) is 0 Å². The number of hydrogen-bond donors (Lipinski definition) is 1. The van der Waals surface area contributed by atoms with Gasteiger partial charge in [0.15, 0.2) is 0 Å². The molecular formula is C17H19F2NO. The van der Waals surface area contributed by atoms with Gasteiger partial charge in [0.2, 0.25) is 0 Å². The standard InChI is InChI=1S/C17H19F2NO/c1-11(2)21-16-10-5-4-9-15(16)20-12(3)17-13(18)7-6-8-14(17)19/h4-12,20H,1-3H3. The predicted molar refractivity (Wildman–Crippen MR) is 80.6 cm³/mol. The fraction of sp³-hybridized carbons (Fsp3) is 0.294. The van der Waals surface area contributed by atoms with Crippen molar-refractivity contribution >= 4 is 5.69 Å². The molecule has 2 nitrogen and oxygen atoms in total. The number of nitrogens with one attached hydrogen (secondary N) is 1. The molecule has 1 atom stereocenters. The van der Waals surface area contributed by atoms with Crippen LogP contribution < -0.4 is 10.1 Å². The number of hydrogen-bond acceptors (Lipinski definition) is 2. The minimum absolute atomic E-state index is 0.0217. The van der Waals surface area contributed by atoms with Crippen LogP contribution in [0.3, 0.4) is 0 Å². The summed E-state index contributed by atoms with van der Waals surface area (Å²) in [5.74, 6) is -0.453. The first-order chi connectivity index (χ1) is 9.99. The second-order valence-corrected chi connectivity index (χ2v) is 5.16. The Labute approximate surface area is 123 Å². The van der Waals surface area contributed by atoms with Gasteiger partial charge in [-0.05, 0) is 45.0 Å². The van der Waals surface area contributed by atoms with E-state index >= 15 is 0 Å². The topological polar surface area (TPSA) is 21.3 Å². The van der Waals surface area contributed by atoms with Gasteiger partial charge in [0.1, 0.15) is 17.4 Å². The summed E-state index contributed by atoms with van der Waals surface area (Å²) in [5, 5.41) is 3.11. The molecule has 0 amide bonds. The number of anilines is 1. The summed E-state index contributed by atoms with van der Waals surface area (Å²) in [6, 6.07) is 10.7. The van der Waals surface area contributed by atoms with Crippen LogP contribution in [0.5, 0.6) is 5.75 Å². The van der Waals surface area contributed by atoms with Gasteiger partial charge in [-0.25, -0.2) is 8.78 Å². The normalized spacial score (nSPS) is 12.3. The lowest BCUT2D eigenvalue weighted by Gasteiger charge is -2.20. The van der Waals surface area contributed by atoms with Gasteiger partial charge >= 0.3 is 0 Å². The number of halogens is 2. The van der Waals surface area contributed by atoms with Crippen LogP contribution in [-0.2, 0) is 0 Å². The van der Waals surface area contributed by atoms with E-state index in [4.69, 9.17) is 4.74 Å². The monoisotopic (exact) mass is 291 g/mol. The van der Waals surface area contributed by atoms with Gasteiger partial charge in [0, 0.05) is 5.56 Å². The third-order valence-electron chi connectivity index (χ3n) is 3.05. The zero-order chi connectivity index (χ0) is 15.4. The van der Waals surface area contributed by atoms with Gasteiger partial charge in [0.05, 0.1) is 17.8 Å². The molecule has 0 radical (unpaired) electrons. The van der Waals surface area contributed by atoms with Crippen LogP contribution in [0.1, 0.15) is 32.4 Å². The molecule has 0 bridgehead atoms. The van der Waals surface area contributed by atoms with Crippen LogP contribution in [0.25, 0.3) is 0 Å². The molecule has 0 fully saturated rings. The molecule has 1 N–H and O–H groups in total. The maximum Gasteiger partial charge on any atom is 0.142 e. The molecule has 1 unspecified atom stereocenters. The largest absolute Gasteiger partial charge is 0.489 e. The average molecular weight is 291 g/mol. The highest BCUT2D eigenvalue weighted by atomic mass is 19.1. The number of para-hydroxylation sites is 2. The van der Waals surface area contributed by atoms with Gasteiger partial charge in [-0.2, -0.15) is 0 Å². The van der Waals surface area contributed by atoms with Crippen molar-refractivity contribution < 1.29 is 13.5 Å². The zero-order valence-electron chi connectivity index (χ0n) is 12.4. The zero-order valence-corrected chi connectivity index (χ0v) is 12.4. The lowest BCUT2D eigenvalue weighted by Crippen LogP contribution is -2.13. The lowest BCUT2D eigenvalue weighted by atomic mass is 10.1. The van der Waals surface area contributed by atoms with Crippen LogP contribution in [0, 0.1) is 11.6 Å². The summed E-state index contributed by atoms with van der Waals surface area (Å²) in [6.07, 6.45) is 0.0217. The van der Waals surface area contributed by atoms with Gasteiger partial charge in [0.25, 0.3) is 0 Å². The first-order valence-electron chi connectivity index (χ1n) is 6.95. The highest BCUT2D eigenvalue weighted by Gasteiger charge is 2.17. The fourth-order valence-electron chi connectivity index (χ4n) is 2.17. The van der Waals surface area contributed by atoms with Crippen LogP contribution in [0.2, 0.25) is 0 Å². The van der Waals surface area contributed by atoms with Crippen LogP contribution >= 0.6 is 0 Å². The van der Waals surface area contributed by atoms with Gasteiger partial charge in [-0.1, -0.05) is 18.2 Å². The molecule has 0 aliphatic carbocycles. The molecule has 112 valence electrons. The highest BCUT2D eigenvalue weighted by Crippen LogP contribution is 2.30. The quantitative estimate of drug-likeness (QED) is 0.843. The number of benzene rings is 2. The third kappa shape index (κ3) is 3.72. The minimum Gasteiger partial charge on any atom is -0.489 e. The Bertz CT molecular complexity index is 593. The Morgan fingerprint density at radius 3 is 2.14 bits per heavy atom. The Balaban J connectivity index is 2.26. The maximum absolute atomic E-state index is 13.8. The number of rotatable bonds is 5. The molecule has 4 heteroatoms. The summed E-state index contributed by atoms with van der Waals surface area (Å²) in [5.41, 5.74) is 0.734. The Kier molecular flexibility index (Phi) is 4.78. The van der Waals surface area contributed by atoms with Crippen molar-refractivity contribution in [2.45, 2.75) is 32.9 Å². The molecule has 0 aromatic heterocycles. The molecule has 2 aromatic rings. The Morgan fingerprint density at radius 1 is 0.905 bits per heavy atom. The van der Waals surface area contributed by atoms with E-state index in [1.165, 1.54) is 18.2 Å².